The van der Waals surface area contributed by atoms with Gasteiger partial charge in [-0.15, -0.1) is 0 Å². The van der Waals surface area contributed by atoms with Crippen LogP contribution in [0, 0.1) is 5.82 Å². The Balaban J connectivity index is 2.45. The van der Waals surface area contributed by atoms with E-state index in [1.165, 1.54) is 0 Å². The number of carbonyl (C=O) groups is 1. The number of nitrogens with zero attached hydrogens (tertiary/aromatic N) is 1. The molecule has 17 heavy (non-hydrogen) atoms. The average molecular weight is 241 g/mol. The van der Waals surface area contributed by atoms with E-state index in [-0.39, 0.29) is 11.7 Å². The molecule has 94 valence electrons. The van der Waals surface area contributed by atoms with Crippen molar-refractivity contribution in [3.63, 3.8) is 0 Å². The first kappa shape index (κ1) is 13.3. The summed E-state index contributed by atoms with van der Waals surface area (Å²) in [6.07, 6.45) is 5.01. The minimum absolute atomic E-state index is 0.217. The maximum atomic E-state index is 13.1. The van der Waals surface area contributed by atoms with Crippen molar-refractivity contribution in [2.24, 2.45) is 0 Å². The maximum absolute atomic E-state index is 13.1. The van der Waals surface area contributed by atoms with Crippen LogP contribution in [0.5, 0.6) is 0 Å². The van der Waals surface area contributed by atoms with Crippen molar-refractivity contribution in [1.29, 1.82) is 0 Å². The van der Waals surface area contributed by atoms with Gasteiger partial charge < -0.3 is 5.32 Å². The summed E-state index contributed by atoms with van der Waals surface area (Å²) < 4.78 is 13.1. The summed E-state index contributed by atoms with van der Waals surface area (Å²) in [5, 5.41) is 2.32. The van der Waals surface area contributed by atoms with E-state index >= 15 is 0 Å². The molecule has 1 aromatic rings. The number of amides is 1. The van der Waals surface area contributed by atoms with Crippen LogP contribution in [0.15, 0.2) is 11.0 Å². The van der Waals surface area contributed by atoms with Gasteiger partial charge in [-0.05, 0) is 6.42 Å². The number of carbonyl (C=O) groups excluding carboxylic acids is 1. The highest BCUT2D eigenvalue weighted by molar-refractivity contribution is 5.89. The van der Waals surface area contributed by atoms with E-state index in [9.17, 15) is 14.0 Å². The lowest BCUT2D eigenvalue weighted by atomic mass is 10.1. The third-order valence-corrected chi connectivity index (χ3v) is 2.29. The number of halogens is 1. The fourth-order valence-electron chi connectivity index (χ4n) is 1.38. The average Bonchev–Trinajstić information content (AvgIpc) is 2.29. The monoisotopic (exact) mass is 241 g/mol. The molecular weight excluding hydrogens is 225 g/mol. The van der Waals surface area contributed by atoms with Crippen LogP contribution in [0.4, 0.5) is 10.2 Å². The fraction of sp³-hybridized carbons (Fsp3) is 0.545. The molecule has 1 rings (SSSR count). The molecule has 0 atom stereocenters. The largest absolute Gasteiger partial charge is 0.346 e. The minimum atomic E-state index is -0.744. The molecule has 0 fully saturated rings. The lowest BCUT2D eigenvalue weighted by Crippen LogP contribution is -2.19. The first-order valence-electron chi connectivity index (χ1n) is 5.68. The highest BCUT2D eigenvalue weighted by atomic mass is 19.1. The Hall–Kier alpha value is -1.72. The zero-order chi connectivity index (χ0) is 12.7. The van der Waals surface area contributed by atoms with Crippen LogP contribution in [0.1, 0.15) is 39.0 Å². The fourth-order valence-corrected chi connectivity index (χ4v) is 1.38. The molecule has 5 nitrogen and oxygen atoms in total. The summed E-state index contributed by atoms with van der Waals surface area (Å²) in [5.74, 6) is -1.26. The van der Waals surface area contributed by atoms with Crippen molar-refractivity contribution in [3.05, 3.63) is 22.5 Å². The van der Waals surface area contributed by atoms with Crippen molar-refractivity contribution in [3.8, 4) is 0 Å². The zero-order valence-electron chi connectivity index (χ0n) is 9.75. The molecule has 0 unspecified atom stereocenters. The number of anilines is 1. The molecule has 2 N–H and O–H groups in total. The normalized spacial score (nSPS) is 10.2. The summed E-state index contributed by atoms with van der Waals surface area (Å²) in [7, 11) is 0. The highest BCUT2D eigenvalue weighted by Gasteiger charge is 2.07. The van der Waals surface area contributed by atoms with Crippen molar-refractivity contribution < 1.29 is 9.18 Å². The van der Waals surface area contributed by atoms with Gasteiger partial charge in [-0.2, -0.15) is 4.98 Å². The first-order chi connectivity index (χ1) is 8.13. The van der Waals surface area contributed by atoms with Crippen molar-refractivity contribution in [2.45, 2.75) is 39.0 Å². The number of hydrogen-bond acceptors (Lipinski definition) is 3. The van der Waals surface area contributed by atoms with Gasteiger partial charge in [0.1, 0.15) is 0 Å². The lowest BCUT2D eigenvalue weighted by molar-refractivity contribution is -0.116. The number of H-pyrrole nitrogens is 1. The van der Waals surface area contributed by atoms with E-state index in [0.717, 1.165) is 31.9 Å². The van der Waals surface area contributed by atoms with Crippen LogP contribution in [-0.2, 0) is 4.79 Å². The Bertz CT molecular complexity index is 431. The number of nitrogens with one attached hydrogen (secondary N) is 2. The second kappa shape index (κ2) is 6.78. The molecule has 6 heteroatoms. The molecule has 0 saturated heterocycles. The van der Waals surface area contributed by atoms with Gasteiger partial charge in [0.05, 0.1) is 6.20 Å². The molecule has 0 radical (unpaired) electrons. The Labute approximate surface area is 98.5 Å². The zero-order valence-corrected chi connectivity index (χ0v) is 9.75. The Morgan fingerprint density at radius 3 is 2.94 bits per heavy atom. The maximum Gasteiger partial charge on any atom is 0.346 e. The molecular formula is C11H16FN3O2. The third-order valence-electron chi connectivity index (χ3n) is 2.29. The van der Waals surface area contributed by atoms with Crippen LogP contribution in [0.2, 0.25) is 0 Å². The molecule has 0 aliphatic carbocycles. The predicted octanol–water partition coefficient (Wildman–Crippen LogP) is 1.82. The Kier molecular flexibility index (Phi) is 5.32. The summed E-state index contributed by atoms with van der Waals surface area (Å²) in [5.41, 5.74) is -0.687. The van der Waals surface area contributed by atoms with Gasteiger partial charge in [-0.3, -0.25) is 9.78 Å². The van der Waals surface area contributed by atoms with Gasteiger partial charge in [-0.25, -0.2) is 9.18 Å². The van der Waals surface area contributed by atoms with E-state index in [0.29, 0.717) is 6.42 Å². The molecule has 1 amide bonds. The van der Waals surface area contributed by atoms with Crippen LogP contribution < -0.4 is 11.0 Å². The molecule has 0 aliphatic heterocycles. The smallest absolute Gasteiger partial charge is 0.310 e. The molecule has 0 aromatic carbocycles. The predicted molar refractivity (Wildman–Crippen MR) is 62.2 cm³/mol. The molecule has 0 spiro atoms. The topological polar surface area (TPSA) is 74.8 Å². The summed E-state index contributed by atoms with van der Waals surface area (Å²) in [6, 6.07) is 0. The van der Waals surface area contributed by atoms with Crippen molar-refractivity contribution in [2.75, 3.05) is 5.32 Å². The van der Waals surface area contributed by atoms with Crippen LogP contribution >= 0.6 is 0 Å². The number of aromatic amines is 1. The van der Waals surface area contributed by atoms with Gasteiger partial charge in [0, 0.05) is 6.42 Å². The number of unbranched alkanes of at least 4 members (excludes halogenated alkanes) is 3. The van der Waals surface area contributed by atoms with E-state index in [1.807, 2.05) is 0 Å². The van der Waals surface area contributed by atoms with E-state index in [2.05, 4.69) is 22.2 Å². The molecule has 1 heterocycles. The summed E-state index contributed by atoms with van der Waals surface area (Å²) in [4.78, 5) is 27.6. The first-order valence-corrected chi connectivity index (χ1v) is 5.68. The quantitative estimate of drug-likeness (QED) is 0.746. The van der Waals surface area contributed by atoms with E-state index < -0.39 is 11.5 Å². The minimum Gasteiger partial charge on any atom is -0.310 e. The second-order valence-corrected chi connectivity index (χ2v) is 3.77. The van der Waals surface area contributed by atoms with Gasteiger partial charge in [-0.1, -0.05) is 26.2 Å². The van der Waals surface area contributed by atoms with Crippen LogP contribution in [0.25, 0.3) is 0 Å². The molecule has 1 aromatic heterocycles. The molecule has 0 saturated carbocycles. The second-order valence-electron chi connectivity index (χ2n) is 3.77. The van der Waals surface area contributed by atoms with Gasteiger partial charge in [0.15, 0.2) is 11.6 Å². The number of aromatic nitrogens is 2. The van der Waals surface area contributed by atoms with Gasteiger partial charge in [0.2, 0.25) is 5.91 Å². The lowest BCUT2D eigenvalue weighted by Gasteiger charge is -2.05. The van der Waals surface area contributed by atoms with E-state index in [1.54, 1.807) is 0 Å². The van der Waals surface area contributed by atoms with Crippen LogP contribution in [-0.4, -0.2) is 15.9 Å². The van der Waals surface area contributed by atoms with E-state index in [4.69, 9.17) is 0 Å². The molecule has 0 bridgehead atoms. The van der Waals surface area contributed by atoms with Crippen molar-refractivity contribution >= 4 is 11.7 Å². The summed E-state index contributed by atoms with van der Waals surface area (Å²) >= 11 is 0. The third kappa shape index (κ3) is 4.76. The summed E-state index contributed by atoms with van der Waals surface area (Å²) in [6.45, 7) is 2.08. The molecule has 0 aliphatic rings. The Morgan fingerprint density at radius 1 is 1.47 bits per heavy atom. The van der Waals surface area contributed by atoms with Gasteiger partial charge in [0.25, 0.3) is 0 Å². The highest BCUT2D eigenvalue weighted by Crippen LogP contribution is 2.08. The van der Waals surface area contributed by atoms with Crippen molar-refractivity contribution in [1.82, 2.24) is 9.97 Å². The standard InChI is InChI=1S/C11H16FN3O2/c1-2-3-4-5-6-9(16)14-10-8(12)7-13-11(17)15-10/h7H,2-6H2,1H3,(H2,13,14,15,16,17). The number of hydrogen-bond donors (Lipinski definition) is 2. The van der Waals surface area contributed by atoms with Gasteiger partial charge >= 0.3 is 5.69 Å². The Morgan fingerprint density at radius 2 is 2.24 bits per heavy atom. The number of rotatable bonds is 6. The SMILES string of the molecule is CCCCCCC(=O)Nc1[nH]c(=O)ncc1F. The van der Waals surface area contributed by atoms with Crippen LogP contribution in [0.3, 0.4) is 0 Å².